The van der Waals surface area contributed by atoms with E-state index in [2.05, 4.69) is 5.32 Å². The van der Waals surface area contributed by atoms with Crippen LogP contribution in [0.4, 0.5) is 5.69 Å². The lowest BCUT2D eigenvalue weighted by molar-refractivity contribution is -0.255. The normalized spacial score (nSPS) is 10.3. The lowest BCUT2D eigenvalue weighted by Gasteiger charge is -2.13. The summed E-state index contributed by atoms with van der Waals surface area (Å²) in [6.07, 6.45) is 1.12. The predicted molar refractivity (Wildman–Crippen MR) is 89.6 cm³/mol. The van der Waals surface area contributed by atoms with E-state index in [-0.39, 0.29) is 11.5 Å². The van der Waals surface area contributed by atoms with Crippen LogP contribution in [0.1, 0.15) is 35.7 Å². The fourth-order valence-corrected chi connectivity index (χ4v) is 2.90. The van der Waals surface area contributed by atoms with E-state index >= 15 is 0 Å². The number of hydrogen-bond donors (Lipinski definition) is 1. The highest BCUT2D eigenvalue weighted by Crippen LogP contribution is 2.34. The maximum absolute atomic E-state index is 11.9. The van der Waals surface area contributed by atoms with Crippen LogP contribution in [-0.4, -0.2) is 11.9 Å². The number of anilines is 1. The summed E-state index contributed by atoms with van der Waals surface area (Å²) in [4.78, 5) is 24.7. The van der Waals surface area contributed by atoms with Crippen LogP contribution < -0.4 is 10.4 Å². The molecule has 0 unspecified atom stereocenters. The maximum Gasteiger partial charge on any atom is 0.224 e. The van der Waals surface area contributed by atoms with Gasteiger partial charge in [-0.15, -0.1) is 0 Å². The SMILES string of the molecule is CCCC(=O)Nc1cc(C(=O)[O-])ccc1Sc1ccc(C)cc1. The number of carbonyl (C=O) groups is 2. The molecule has 2 aromatic rings. The number of benzene rings is 2. The molecule has 0 radical (unpaired) electrons. The molecule has 2 aromatic carbocycles. The number of carboxylic acids is 1. The Labute approximate surface area is 139 Å². The molecule has 0 saturated carbocycles. The van der Waals surface area contributed by atoms with Crippen LogP contribution in [0.2, 0.25) is 0 Å². The zero-order valence-corrected chi connectivity index (χ0v) is 13.9. The minimum Gasteiger partial charge on any atom is -0.545 e. The molecule has 1 N–H and O–H groups in total. The monoisotopic (exact) mass is 328 g/mol. The molecule has 0 atom stereocenters. The summed E-state index contributed by atoms with van der Waals surface area (Å²) in [5, 5.41) is 13.8. The largest absolute Gasteiger partial charge is 0.545 e. The lowest BCUT2D eigenvalue weighted by Crippen LogP contribution is -2.22. The maximum atomic E-state index is 11.9. The molecule has 120 valence electrons. The Morgan fingerprint density at radius 2 is 1.83 bits per heavy atom. The number of carbonyl (C=O) groups excluding carboxylic acids is 2. The molecule has 0 aliphatic carbocycles. The molecule has 5 heteroatoms. The standard InChI is InChI=1S/C18H19NO3S/c1-3-4-17(20)19-15-11-13(18(21)22)7-10-16(15)23-14-8-5-12(2)6-9-14/h5-11H,3-4H2,1-2H3,(H,19,20)(H,21,22)/p-1. The van der Waals surface area contributed by atoms with Crippen molar-refractivity contribution in [3.8, 4) is 0 Å². The Hall–Kier alpha value is -2.27. The summed E-state index contributed by atoms with van der Waals surface area (Å²) in [5.74, 6) is -1.39. The summed E-state index contributed by atoms with van der Waals surface area (Å²) in [5.41, 5.74) is 1.71. The fraction of sp³-hybridized carbons (Fsp3) is 0.222. The van der Waals surface area contributed by atoms with Crippen LogP contribution >= 0.6 is 11.8 Å². The van der Waals surface area contributed by atoms with E-state index in [0.717, 1.165) is 21.8 Å². The summed E-state index contributed by atoms with van der Waals surface area (Å²) < 4.78 is 0. The van der Waals surface area contributed by atoms with E-state index in [1.807, 2.05) is 38.1 Å². The number of amides is 1. The average Bonchev–Trinajstić information content (AvgIpc) is 2.51. The number of hydrogen-bond acceptors (Lipinski definition) is 4. The van der Waals surface area contributed by atoms with E-state index in [1.54, 1.807) is 6.07 Å². The van der Waals surface area contributed by atoms with Gasteiger partial charge in [0.05, 0.1) is 11.7 Å². The molecule has 0 spiro atoms. The zero-order valence-electron chi connectivity index (χ0n) is 13.1. The quantitative estimate of drug-likeness (QED) is 0.884. The van der Waals surface area contributed by atoms with E-state index in [0.29, 0.717) is 12.1 Å². The second-order valence-corrected chi connectivity index (χ2v) is 6.33. The van der Waals surface area contributed by atoms with Crippen LogP contribution in [0, 0.1) is 6.92 Å². The van der Waals surface area contributed by atoms with Gasteiger partial charge in [-0.05, 0) is 43.2 Å². The van der Waals surface area contributed by atoms with E-state index in [4.69, 9.17) is 0 Å². The van der Waals surface area contributed by atoms with Crippen molar-refractivity contribution in [2.24, 2.45) is 0 Å². The van der Waals surface area contributed by atoms with Gasteiger partial charge in [0.25, 0.3) is 0 Å². The van der Waals surface area contributed by atoms with Crippen molar-refractivity contribution in [1.82, 2.24) is 0 Å². The third-order valence-corrected chi connectivity index (χ3v) is 4.30. The molecule has 0 aliphatic rings. The van der Waals surface area contributed by atoms with Crippen molar-refractivity contribution in [3.63, 3.8) is 0 Å². The number of aromatic carboxylic acids is 1. The van der Waals surface area contributed by atoms with E-state index in [1.165, 1.54) is 23.9 Å². The van der Waals surface area contributed by atoms with E-state index in [9.17, 15) is 14.7 Å². The third-order valence-electron chi connectivity index (χ3n) is 3.22. The fourth-order valence-electron chi connectivity index (χ4n) is 2.02. The van der Waals surface area contributed by atoms with Gasteiger partial charge in [0.1, 0.15) is 0 Å². The van der Waals surface area contributed by atoms with Crippen LogP contribution in [0.5, 0.6) is 0 Å². The summed E-state index contributed by atoms with van der Waals surface area (Å²) in [6, 6.07) is 12.6. The average molecular weight is 328 g/mol. The topological polar surface area (TPSA) is 69.2 Å². The summed E-state index contributed by atoms with van der Waals surface area (Å²) in [6.45, 7) is 3.93. The number of carboxylic acid groups (broad SMARTS) is 1. The molecule has 1 amide bonds. The van der Waals surface area contributed by atoms with Crippen molar-refractivity contribution in [2.75, 3.05) is 5.32 Å². The molecule has 23 heavy (non-hydrogen) atoms. The van der Waals surface area contributed by atoms with Gasteiger partial charge in [0.15, 0.2) is 0 Å². The first-order chi connectivity index (χ1) is 11.0. The van der Waals surface area contributed by atoms with Gasteiger partial charge in [-0.2, -0.15) is 0 Å². The summed E-state index contributed by atoms with van der Waals surface area (Å²) >= 11 is 1.48. The molecule has 2 rings (SSSR count). The van der Waals surface area contributed by atoms with Gasteiger partial charge in [-0.1, -0.05) is 42.4 Å². The van der Waals surface area contributed by atoms with Crippen LogP contribution in [0.15, 0.2) is 52.3 Å². The Morgan fingerprint density at radius 3 is 2.43 bits per heavy atom. The van der Waals surface area contributed by atoms with Crippen molar-refractivity contribution in [3.05, 3.63) is 53.6 Å². The Balaban J connectivity index is 2.30. The second kappa shape index (κ2) is 7.83. The number of rotatable bonds is 6. The van der Waals surface area contributed by atoms with Gasteiger partial charge in [-0.3, -0.25) is 4.79 Å². The lowest BCUT2D eigenvalue weighted by atomic mass is 10.2. The Bertz CT molecular complexity index is 711. The van der Waals surface area contributed by atoms with E-state index < -0.39 is 5.97 Å². The highest BCUT2D eigenvalue weighted by Gasteiger charge is 2.10. The second-order valence-electron chi connectivity index (χ2n) is 5.21. The van der Waals surface area contributed by atoms with Crippen LogP contribution in [0.3, 0.4) is 0 Å². The molecule has 0 bridgehead atoms. The molecule has 0 heterocycles. The first kappa shape index (κ1) is 17.1. The first-order valence-corrected chi connectivity index (χ1v) is 8.21. The first-order valence-electron chi connectivity index (χ1n) is 7.39. The minimum atomic E-state index is -1.26. The third kappa shape index (κ3) is 4.86. The molecule has 0 aliphatic heterocycles. The predicted octanol–water partition coefficient (Wildman–Crippen LogP) is 3.25. The smallest absolute Gasteiger partial charge is 0.224 e. The molecule has 4 nitrogen and oxygen atoms in total. The summed E-state index contributed by atoms with van der Waals surface area (Å²) in [7, 11) is 0. The molecule has 0 fully saturated rings. The van der Waals surface area contributed by atoms with Crippen molar-refractivity contribution >= 4 is 29.3 Å². The van der Waals surface area contributed by atoms with Gasteiger partial charge >= 0.3 is 0 Å². The highest BCUT2D eigenvalue weighted by atomic mass is 32.2. The Morgan fingerprint density at radius 1 is 1.13 bits per heavy atom. The highest BCUT2D eigenvalue weighted by molar-refractivity contribution is 7.99. The minimum absolute atomic E-state index is 0.0463. The molecular formula is C18H18NO3S-. The zero-order chi connectivity index (χ0) is 16.8. The van der Waals surface area contributed by atoms with Crippen LogP contribution in [0.25, 0.3) is 0 Å². The van der Waals surface area contributed by atoms with Gasteiger partial charge in [0.2, 0.25) is 5.91 Å². The van der Waals surface area contributed by atoms with Gasteiger partial charge in [0, 0.05) is 16.2 Å². The molecule has 0 aromatic heterocycles. The van der Waals surface area contributed by atoms with Crippen molar-refractivity contribution in [1.29, 1.82) is 0 Å². The van der Waals surface area contributed by atoms with Gasteiger partial charge in [-0.25, -0.2) is 0 Å². The molecular weight excluding hydrogens is 310 g/mol. The van der Waals surface area contributed by atoms with Crippen molar-refractivity contribution < 1.29 is 14.7 Å². The van der Waals surface area contributed by atoms with Crippen molar-refractivity contribution in [2.45, 2.75) is 36.5 Å². The Kier molecular flexibility index (Phi) is 5.82. The number of aryl methyl sites for hydroxylation is 1. The number of nitrogens with one attached hydrogen (secondary N) is 1. The van der Waals surface area contributed by atoms with Gasteiger partial charge < -0.3 is 15.2 Å². The molecule has 0 saturated heterocycles. The van der Waals surface area contributed by atoms with Crippen LogP contribution in [-0.2, 0) is 4.79 Å².